The third-order valence-electron chi connectivity index (χ3n) is 4.33. The van der Waals surface area contributed by atoms with E-state index in [1.54, 1.807) is 23.7 Å². The SMILES string of the molecule is Cc1nn(Cc2ccccc2)c(C)c1NS(=O)(=O)c1cccc2nonc12. The van der Waals surface area contributed by atoms with E-state index in [9.17, 15) is 8.42 Å². The van der Waals surface area contributed by atoms with Gasteiger partial charge in [0, 0.05) is 0 Å². The van der Waals surface area contributed by atoms with Crippen molar-refractivity contribution >= 4 is 26.7 Å². The van der Waals surface area contributed by atoms with Crippen molar-refractivity contribution in [3.63, 3.8) is 0 Å². The van der Waals surface area contributed by atoms with Gasteiger partial charge >= 0.3 is 0 Å². The normalized spacial score (nSPS) is 11.8. The highest BCUT2D eigenvalue weighted by Crippen LogP contribution is 2.26. The van der Waals surface area contributed by atoms with Crippen LogP contribution in [0.5, 0.6) is 0 Å². The lowest BCUT2D eigenvalue weighted by Gasteiger charge is -2.09. The molecule has 2 aromatic heterocycles. The lowest BCUT2D eigenvalue weighted by atomic mass is 10.2. The summed E-state index contributed by atoms with van der Waals surface area (Å²) in [6, 6.07) is 14.6. The number of sulfonamides is 1. The summed E-state index contributed by atoms with van der Waals surface area (Å²) in [6.45, 7) is 4.15. The molecule has 0 atom stereocenters. The number of hydrogen-bond acceptors (Lipinski definition) is 6. The molecule has 8 nitrogen and oxygen atoms in total. The minimum Gasteiger partial charge on any atom is -0.276 e. The molecule has 0 unspecified atom stereocenters. The second-order valence-electron chi connectivity index (χ2n) is 6.18. The van der Waals surface area contributed by atoms with Gasteiger partial charge in [0.15, 0.2) is 5.52 Å². The van der Waals surface area contributed by atoms with Crippen LogP contribution in [0.2, 0.25) is 0 Å². The molecule has 0 bridgehead atoms. The number of aromatic nitrogens is 4. The van der Waals surface area contributed by atoms with E-state index in [0.29, 0.717) is 23.4 Å². The van der Waals surface area contributed by atoms with Crippen molar-refractivity contribution in [2.75, 3.05) is 4.72 Å². The molecule has 4 aromatic rings. The van der Waals surface area contributed by atoms with E-state index in [-0.39, 0.29) is 10.4 Å². The molecule has 9 heteroatoms. The van der Waals surface area contributed by atoms with E-state index in [1.807, 2.05) is 37.3 Å². The molecule has 0 amide bonds. The van der Waals surface area contributed by atoms with Gasteiger partial charge in [0.1, 0.15) is 10.4 Å². The second kappa shape index (κ2) is 6.51. The molecule has 0 aliphatic rings. The van der Waals surface area contributed by atoms with Crippen LogP contribution in [0, 0.1) is 13.8 Å². The molecule has 4 rings (SSSR count). The number of hydrogen-bond donors (Lipinski definition) is 1. The summed E-state index contributed by atoms with van der Waals surface area (Å²) >= 11 is 0. The summed E-state index contributed by atoms with van der Waals surface area (Å²) in [5.74, 6) is 0. The van der Waals surface area contributed by atoms with Gasteiger partial charge in [-0.2, -0.15) is 5.10 Å². The van der Waals surface area contributed by atoms with Gasteiger partial charge in [-0.15, -0.1) is 0 Å². The number of nitrogens with one attached hydrogen (secondary N) is 1. The third-order valence-corrected chi connectivity index (χ3v) is 5.71. The van der Waals surface area contributed by atoms with Crippen molar-refractivity contribution in [3.05, 3.63) is 65.5 Å². The first-order valence-corrected chi connectivity index (χ1v) is 9.76. The molecule has 2 aromatic carbocycles. The predicted molar refractivity (Wildman–Crippen MR) is 99.9 cm³/mol. The molecular weight excluding hydrogens is 366 g/mol. The Balaban J connectivity index is 1.69. The van der Waals surface area contributed by atoms with E-state index >= 15 is 0 Å². The zero-order valence-electron chi connectivity index (χ0n) is 14.7. The van der Waals surface area contributed by atoms with Crippen molar-refractivity contribution in [1.82, 2.24) is 20.1 Å². The topological polar surface area (TPSA) is 103 Å². The molecule has 0 spiro atoms. The largest absolute Gasteiger partial charge is 0.276 e. The molecule has 1 N–H and O–H groups in total. The Kier molecular flexibility index (Phi) is 4.15. The Hall–Kier alpha value is -3.20. The Labute approximate surface area is 155 Å². The molecular formula is C18H17N5O3S. The van der Waals surface area contributed by atoms with E-state index < -0.39 is 10.0 Å². The zero-order valence-corrected chi connectivity index (χ0v) is 15.6. The zero-order chi connectivity index (χ0) is 19.0. The fourth-order valence-electron chi connectivity index (χ4n) is 2.94. The summed E-state index contributed by atoms with van der Waals surface area (Å²) in [7, 11) is -3.88. The third kappa shape index (κ3) is 3.17. The standard InChI is InChI=1S/C18H17N5O3S/c1-12-17(13(2)23(19-12)11-14-7-4-3-5-8-14)22-27(24,25)16-10-6-9-15-18(16)21-26-20-15/h3-10,22H,11H2,1-2H3. The van der Waals surface area contributed by atoms with E-state index in [4.69, 9.17) is 0 Å². The number of nitrogens with zero attached hydrogens (tertiary/aromatic N) is 4. The van der Waals surface area contributed by atoms with Crippen molar-refractivity contribution in [1.29, 1.82) is 0 Å². The van der Waals surface area contributed by atoms with Crippen LogP contribution in [0.25, 0.3) is 11.0 Å². The molecule has 0 saturated carbocycles. The average Bonchev–Trinajstić information content (AvgIpc) is 3.23. The molecule has 0 aliphatic carbocycles. The van der Waals surface area contributed by atoms with E-state index in [0.717, 1.165) is 11.3 Å². The Morgan fingerprint density at radius 1 is 1.04 bits per heavy atom. The van der Waals surface area contributed by atoms with Gasteiger partial charge < -0.3 is 0 Å². The highest BCUT2D eigenvalue weighted by Gasteiger charge is 2.23. The minimum absolute atomic E-state index is 0.0101. The molecule has 0 radical (unpaired) electrons. The van der Waals surface area contributed by atoms with Gasteiger partial charge in [0.05, 0.1) is 23.6 Å². The highest BCUT2D eigenvalue weighted by molar-refractivity contribution is 7.93. The summed E-state index contributed by atoms with van der Waals surface area (Å²) in [6.07, 6.45) is 0. The molecule has 0 fully saturated rings. The maximum Gasteiger partial charge on any atom is 0.264 e. The van der Waals surface area contributed by atoms with Gasteiger partial charge in [-0.05, 0) is 41.9 Å². The summed E-state index contributed by atoms with van der Waals surface area (Å²) in [5.41, 5.74) is 3.43. The lowest BCUT2D eigenvalue weighted by molar-refractivity contribution is 0.315. The Morgan fingerprint density at radius 3 is 2.59 bits per heavy atom. The highest BCUT2D eigenvalue weighted by atomic mass is 32.2. The van der Waals surface area contributed by atoms with Crippen molar-refractivity contribution in [2.45, 2.75) is 25.3 Å². The molecule has 0 aliphatic heterocycles. The first-order chi connectivity index (χ1) is 13.0. The van der Waals surface area contributed by atoms with Gasteiger partial charge in [0.25, 0.3) is 10.0 Å². The van der Waals surface area contributed by atoms with E-state index in [1.165, 1.54) is 6.07 Å². The summed E-state index contributed by atoms with van der Waals surface area (Å²) in [5, 5.41) is 11.9. The number of rotatable bonds is 5. The molecule has 138 valence electrons. The van der Waals surface area contributed by atoms with Crippen LogP contribution in [0.3, 0.4) is 0 Å². The van der Waals surface area contributed by atoms with Crippen molar-refractivity contribution in [3.8, 4) is 0 Å². The predicted octanol–water partition coefficient (Wildman–Crippen LogP) is 2.89. The van der Waals surface area contributed by atoms with Crippen molar-refractivity contribution in [2.24, 2.45) is 0 Å². The van der Waals surface area contributed by atoms with Crippen LogP contribution in [-0.4, -0.2) is 28.5 Å². The maximum absolute atomic E-state index is 12.9. The Bertz CT molecular complexity index is 1210. The van der Waals surface area contributed by atoms with Gasteiger partial charge in [-0.3, -0.25) is 9.40 Å². The Morgan fingerprint density at radius 2 is 1.81 bits per heavy atom. The molecule has 2 heterocycles. The van der Waals surface area contributed by atoms with Gasteiger partial charge in [-0.25, -0.2) is 13.0 Å². The number of benzene rings is 2. The summed E-state index contributed by atoms with van der Waals surface area (Å²) in [4.78, 5) is 0.0101. The number of aryl methyl sites for hydroxylation is 1. The van der Waals surface area contributed by atoms with Crippen LogP contribution in [0.1, 0.15) is 17.0 Å². The monoisotopic (exact) mass is 383 g/mol. The first-order valence-electron chi connectivity index (χ1n) is 8.28. The number of fused-ring (bicyclic) bond motifs is 1. The van der Waals surface area contributed by atoms with Crippen LogP contribution in [-0.2, 0) is 16.6 Å². The second-order valence-corrected chi connectivity index (χ2v) is 7.83. The van der Waals surface area contributed by atoms with E-state index in [2.05, 4.69) is 24.8 Å². The first kappa shape index (κ1) is 17.2. The average molecular weight is 383 g/mol. The number of anilines is 1. The lowest BCUT2D eigenvalue weighted by Crippen LogP contribution is -2.15. The van der Waals surface area contributed by atoms with Gasteiger partial charge in [-0.1, -0.05) is 36.4 Å². The van der Waals surface area contributed by atoms with Gasteiger partial charge in [0.2, 0.25) is 0 Å². The van der Waals surface area contributed by atoms with Crippen LogP contribution >= 0.6 is 0 Å². The smallest absolute Gasteiger partial charge is 0.264 e. The van der Waals surface area contributed by atoms with Crippen LogP contribution < -0.4 is 4.72 Å². The molecule has 0 saturated heterocycles. The maximum atomic E-state index is 12.9. The molecule has 27 heavy (non-hydrogen) atoms. The van der Waals surface area contributed by atoms with Crippen molar-refractivity contribution < 1.29 is 13.0 Å². The minimum atomic E-state index is -3.88. The van der Waals surface area contributed by atoms with Crippen LogP contribution in [0.15, 0.2) is 58.1 Å². The quantitative estimate of drug-likeness (QED) is 0.568. The summed E-state index contributed by atoms with van der Waals surface area (Å²) < 4.78 is 34.9. The fraction of sp³-hybridized carbons (Fsp3) is 0.167. The fourth-order valence-corrected chi connectivity index (χ4v) is 4.27. The van der Waals surface area contributed by atoms with Crippen LogP contribution in [0.4, 0.5) is 5.69 Å².